The van der Waals surface area contributed by atoms with Crippen LogP contribution in [0.25, 0.3) is 0 Å². The summed E-state index contributed by atoms with van der Waals surface area (Å²) in [7, 11) is 1.99. The fourth-order valence-electron chi connectivity index (χ4n) is 2.27. The van der Waals surface area contributed by atoms with Gasteiger partial charge >= 0.3 is 0 Å². The Balaban J connectivity index is 0.000000502. The van der Waals surface area contributed by atoms with E-state index in [0.29, 0.717) is 12.3 Å². The van der Waals surface area contributed by atoms with Crippen LogP contribution in [0.4, 0.5) is 0 Å². The maximum Gasteiger partial charge on any atom is 0.125 e. The second kappa shape index (κ2) is 13.8. The standard InChI is InChI=1S/C10H15N.C10H20O5/c1-9(11-2)8-10-6-4-3-5-7-10;1-6(2)15-10(8(13)5-12)9(14)7(3)4-11/h3-7,9,11H,8H2,1-2H3;4,6-10,12-14H,5H2,1-3H3/t;7-,8?,9?,10?/m.0/s1. The molecular weight excluding hydrogens is 334 g/mol. The minimum absolute atomic E-state index is 0.204. The van der Waals surface area contributed by atoms with Crippen LogP contribution in [-0.2, 0) is 16.0 Å². The van der Waals surface area contributed by atoms with E-state index in [1.54, 1.807) is 13.8 Å². The van der Waals surface area contributed by atoms with E-state index in [1.807, 2.05) is 13.1 Å². The lowest BCUT2D eigenvalue weighted by molar-refractivity contribution is -0.147. The van der Waals surface area contributed by atoms with Gasteiger partial charge in [-0.2, -0.15) is 0 Å². The second-order valence-electron chi connectivity index (χ2n) is 6.76. The largest absolute Gasteiger partial charge is 0.394 e. The molecule has 0 aliphatic heterocycles. The van der Waals surface area contributed by atoms with Crippen molar-refractivity contribution in [3.05, 3.63) is 35.9 Å². The molecule has 1 rings (SSSR count). The number of aldehydes is 1. The molecule has 4 N–H and O–H groups in total. The molecule has 1 aromatic rings. The van der Waals surface area contributed by atoms with Crippen LogP contribution in [0.5, 0.6) is 0 Å². The van der Waals surface area contributed by atoms with Gasteiger partial charge in [0.1, 0.15) is 18.5 Å². The van der Waals surface area contributed by atoms with Crippen LogP contribution < -0.4 is 5.32 Å². The fraction of sp³-hybridized carbons (Fsp3) is 0.650. The normalized spacial score (nSPS) is 16.8. The van der Waals surface area contributed by atoms with Crippen molar-refractivity contribution in [3.8, 4) is 0 Å². The number of nitrogens with one attached hydrogen (secondary N) is 1. The Kier molecular flexibility index (Phi) is 13.1. The Hall–Kier alpha value is -1.31. The Labute approximate surface area is 157 Å². The third-order valence-corrected chi connectivity index (χ3v) is 3.96. The third-order valence-electron chi connectivity index (χ3n) is 3.96. The first kappa shape index (κ1) is 24.7. The Morgan fingerprint density at radius 3 is 2.12 bits per heavy atom. The highest BCUT2D eigenvalue weighted by molar-refractivity contribution is 5.53. The van der Waals surface area contributed by atoms with Gasteiger partial charge in [0.2, 0.25) is 0 Å². The smallest absolute Gasteiger partial charge is 0.125 e. The van der Waals surface area contributed by atoms with Gasteiger partial charge in [0.05, 0.1) is 18.8 Å². The summed E-state index contributed by atoms with van der Waals surface area (Å²) >= 11 is 0. The first-order chi connectivity index (χ1) is 12.3. The van der Waals surface area contributed by atoms with Crippen LogP contribution in [0.2, 0.25) is 0 Å². The molecule has 0 aromatic heterocycles. The van der Waals surface area contributed by atoms with Crippen LogP contribution >= 0.6 is 0 Å². The molecule has 0 radical (unpaired) electrons. The first-order valence-corrected chi connectivity index (χ1v) is 9.05. The number of aliphatic hydroxyl groups is 3. The Morgan fingerprint density at radius 1 is 1.12 bits per heavy atom. The minimum atomic E-state index is -1.19. The highest BCUT2D eigenvalue weighted by Gasteiger charge is 2.31. The zero-order valence-corrected chi connectivity index (χ0v) is 16.5. The molecule has 150 valence electrons. The van der Waals surface area contributed by atoms with E-state index in [4.69, 9.17) is 9.84 Å². The van der Waals surface area contributed by atoms with E-state index in [0.717, 1.165) is 6.42 Å². The molecule has 6 nitrogen and oxygen atoms in total. The summed E-state index contributed by atoms with van der Waals surface area (Å²) in [6.45, 7) is 6.69. The Bertz CT molecular complexity index is 469. The lowest BCUT2D eigenvalue weighted by Gasteiger charge is -2.30. The number of hydrogen-bond acceptors (Lipinski definition) is 6. The molecule has 0 heterocycles. The van der Waals surface area contributed by atoms with Gasteiger partial charge in [-0.15, -0.1) is 0 Å². The quantitative estimate of drug-likeness (QED) is 0.462. The third kappa shape index (κ3) is 9.99. The number of aliphatic hydroxyl groups excluding tert-OH is 3. The monoisotopic (exact) mass is 369 g/mol. The van der Waals surface area contributed by atoms with Crippen LogP contribution in [0.15, 0.2) is 30.3 Å². The molecule has 1 aromatic carbocycles. The molecule has 0 bridgehead atoms. The van der Waals surface area contributed by atoms with Crippen LogP contribution in [-0.4, -0.2) is 65.7 Å². The summed E-state index contributed by atoms with van der Waals surface area (Å²) in [5.41, 5.74) is 1.40. The summed E-state index contributed by atoms with van der Waals surface area (Å²) in [6.07, 6.45) is -1.76. The summed E-state index contributed by atoms with van der Waals surface area (Å²) in [5, 5.41) is 31.1. The van der Waals surface area contributed by atoms with Crippen LogP contribution in [0, 0.1) is 5.92 Å². The van der Waals surface area contributed by atoms with Gasteiger partial charge in [0.25, 0.3) is 0 Å². The zero-order valence-electron chi connectivity index (χ0n) is 16.5. The van der Waals surface area contributed by atoms with Gasteiger partial charge in [-0.25, -0.2) is 0 Å². The summed E-state index contributed by atoms with van der Waals surface area (Å²) in [4.78, 5) is 10.5. The molecule has 0 saturated heterocycles. The van der Waals surface area contributed by atoms with E-state index in [2.05, 4.69) is 36.5 Å². The minimum Gasteiger partial charge on any atom is -0.394 e. The average molecular weight is 370 g/mol. The molecule has 6 heteroatoms. The maximum atomic E-state index is 10.5. The maximum absolute atomic E-state index is 10.5. The molecule has 5 atom stereocenters. The molecule has 26 heavy (non-hydrogen) atoms. The molecule has 0 aliphatic rings. The van der Waals surface area contributed by atoms with E-state index in [-0.39, 0.29) is 6.10 Å². The predicted octanol–water partition coefficient (Wildman–Crippen LogP) is 1.17. The highest BCUT2D eigenvalue weighted by Crippen LogP contribution is 2.14. The average Bonchev–Trinajstić information content (AvgIpc) is 2.65. The van der Waals surface area contributed by atoms with Gasteiger partial charge < -0.3 is 30.2 Å². The van der Waals surface area contributed by atoms with Crippen molar-refractivity contribution in [2.45, 2.75) is 64.6 Å². The lowest BCUT2D eigenvalue weighted by atomic mass is 9.97. The van der Waals surface area contributed by atoms with Crippen molar-refractivity contribution in [1.29, 1.82) is 0 Å². The zero-order chi connectivity index (χ0) is 20.1. The van der Waals surface area contributed by atoms with Gasteiger partial charge in [-0.3, -0.25) is 0 Å². The number of ether oxygens (including phenoxy) is 1. The predicted molar refractivity (Wildman–Crippen MR) is 103 cm³/mol. The molecule has 0 aliphatic carbocycles. The Morgan fingerprint density at radius 2 is 1.69 bits per heavy atom. The van der Waals surface area contributed by atoms with Crippen molar-refractivity contribution < 1.29 is 24.9 Å². The fourth-order valence-corrected chi connectivity index (χ4v) is 2.27. The van der Waals surface area contributed by atoms with Crippen molar-refractivity contribution in [3.63, 3.8) is 0 Å². The molecule has 0 spiro atoms. The number of benzene rings is 1. The van der Waals surface area contributed by atoms with Crippen molar-refractivity contribution in [2.75, 3.05) is 13.7 Å². The summed E-state index contributed by atoms with van der Waals surface area (Å²) in [6, 6.07) is 11.1. The van der Waals surface area contributed by atoms with Gasteiger partial charge in [0.15, 0.2) is 0 Å². The molecule has 0 fully saturated rings. The van der Waals surface area contributed by atoms with Gasteiger partial charge in [-0.05, 0) is 39.8 Å². The summed E-state index contributed by atoms with van der Waals surface area (Å²) in [5.74, 6) is -0.644. The van der Waals surface area contributed by atoms with Crippen molar-refractivity contribution in [2.24, 2.45) is 5.92 Å². The van der Waals surface area contributed by atoms with E-state index in [1.165, 1.54) is 12.5 Å². The van der Waals surface area contributed by atoms with Crippen molar-refractivity contribution in [1.82, 2.24) is 5.32 Å². The van der Waals surface area contributed by atoms with Gasteiger partial charge in [0, 0.05) is 12.0 Å². The number of carbonyl (C=O) groups excluding carboxylic acids is 1. The summed E-state index contributed by atoms with van der Waals surface area (Å²) < 4.78 is 5.27. The number of likely N-dealkylation sites (N-methyl/N-ethyl adjacent to an activating group) is 1. The molecular formula is C20H35NO5. The highest BCUT2D eigenvalue weighted by atomic mass is 16.5. The number of carbonyl (C=O) groups is 1. The topological polar surface area (TPSA) is 99.0 Å². The van der Waals surface area contributed by atoms with E-state index in [9.17, 15) is 15.0 Å². The second-order valence-corrected chi connectivity index (χ2v) is 6.76. The van der Waals surface area contributed by atoms with Crippen LogP contribution in [0.3, 0.4) is 0 Å². The first-order valence-electron chi connectivity index (χ1n) is 9.05. The number of hydrogen-bond donors (Lipinski definition) is 4. The van der Waals surface area contributed by atoms with E-state index >= 15 is 0 Å². The molecule has 0 saturated carbocycles. The van der Waals surface area contributed by atoms with Crippen LogP contribution in [0.1, 0.15) is 33.3 Å². The van der Waals surface area contributed by atoms with Gasteiger partial charge in [-0.1, -0.05) is 37.3 Å². The van der Waals surface area contributed by atoms with Crippen molar-refractivity contribution >= 4 is 6.29 Å². The lowest BCUT2D eigenvalue weighted by Crippen LogP contribution is -2.46. The van der Waals surface area contributed by atoms with E-state index < -0.39 is 30.8 Å². The molecule has 4 unspecified atom stereocenters. The number of rotatable bonds is 10. The molecule has 0 amide bonds. The SMILES string of the molecule is CC(C)OC(C(O)CO)C(O)[C@@H](C)C=O.CNC(C)Cc1ccccc1.